The number of alkyl halides is 3. The van der Waals surface area contributed by atoms with Gasteiger partial charge in [0.2, 0.25) is 5.90 Å². The second-order valence-electron chi connectivity index (χ2n) is 3.78. The van der Waals surface area contributed by atoms with Gasteiger partial charge in [0.05, 0.1) is 0 Å². The molecule has 0 atom stereocenters. The van der Waals surface area contributed by atoms with E-state index in [-0.39, 0.29) is 6.61 Å². The first kappa shape index (κ1) is 16.2. The van der Waals surface area contributed by atoms with Crippen LogP contribution in [0.25, 0.3) is 0 Å². The lowest BCUT2D eigenvalue weighted by molar-refractivity contribution is 0.339. The summed E-state index contributed by atoms with van der Waals surface area (Å²) in [4.78, 5) is 0. The summed E-state index contributed by atoms with van der Waals surface area (Å²) in [5.74, 6) is -0.104. The molecule has 0 aliphatic carbocycles. The first-order chi connectivity index (χ1) is 8.91. The molecule has 3 nitrogen and oxygen atoms in total. The third kappa shape index (κ3) is 6.19. The Morgan fingerprint density at radius 1 is 1.26 bits per heavy atom. The van der Waals surface area contributed by atoms with E-state index in [0.717, 1.165) is 18.4 Å². The van der Waals surface area contributed by atoms with Gasteiger partial charge in [-0.25, -0.2) is 0 Å². The fraction of sp³-hybridized carbons (Fsp3) is 0.308. The zero-order valence-corrected chi connectivity index (χ0v) is 12.3. The van der Waals surface area contributed by atoms with Crippen LogP contribution in [-0.2, 0) is 11.2 Å². The van der Waals surface area contributed by atoms with Crippen molar-refractivity contribution >= 4 is 40.7 Å². The molecule has 1 aromatic carbocycles. The lowest BCUT2D eigenvalue weighted by atomic mass is 10.1. The van der Waals surface area contributed by atoms with Crippen molar-refractivity contribution in [3.63, 3.8) is 0 Å². The lowest BCUT2D eigenvalue weighted by Gasteiger charge is -2.11. The summed E-state index contributed by atoms with van der Waals surface area (Å²) >= 11 is 16.4. The highest BCUT2D eigenvalue weighted by molar-refractivity contribution is 6.76. The van der Waals surface area contributed by atoms with Gasteiger partial charge in [0.25, 0.3) is 3.79 Å². The molecule has 0 amide bonds. The van der Waals surface area contributed by atoms with Gasteiger partial charge in [0.15, 0.2) is 0 Å². The molecular weight excluding hydrogens is 309 g/mol. The van der Waals surface area contributed by atoms with E-state index in [1.807, 2.05) is 18.2 Å². The molecular formula is C13H14Cl3NO2. The van der Waals surface area contributed by atoms with E-state index in [1.165, 1.54) is 0 Å². The molecule has 0 saturated heterocycles. The summed E-state index contributed by atoms with van der Waals surface area (Å²) in [5.41, 5.74) is 0.891. The molecule has 0 aliphatic heterocycles. The molecule has 0 unspecified atom stereocenters. The fourth-order valence-electron chi connectivity index (χ4n) is 1.36. The number of hydrogen-bond acceptors (Lipinski definition) is 3. The predicted molar refractivity (Wildman–Crippen MR) is 79.5 cm³/mol. The average molecular weight is 323 g/mol. The van der Waals surface area contributed by atoms with E-state index in [4.69, 9.17) is 44.9 Å². The van der Waals surface area contributed by atoms with Gasteiger partial charge in [-0.15, -0.1) is 0 Å². The van der Waals surface area contributed by atoms with Crippen LogP contribution in [0.5, 0.6) is 5.75 Å². The highest BCUT2D eigenvalue weighted by Crippen LogP contribution is 2.27. The third-order valence-corrected chi connectivity index (χ3v) is 2.83. The van der Waals surface area contributed by atoms with Crippen molar-refractivity contribution in [2.24, 2.45) is 0 Å². The highest BCUT2D eigenvalue weighted by Gasteiger charge is 2.28. The predicted octanol–water partition coefficient (Wildman–Crippen LogP) is 4.25. The maximum atomic E-state index is 9.55. The molecule has 0 bridgehead atoms. The van der Waals surface area contributed by atoms with Crippen LogP contribution in [0.2, 0.25) is 0 Å². The molecule has 2 N–H and O–H groups in total. The van der Waals surface area contributed by atoms with Crippen LogP contribution >= 0.6 is 34.8 Å². The van der Waals surface area contributed by atoms with Gasteiger partial charge in [-0.2, -0.15) is 0 Å². The number of aromatic hydroxyl groups is 1. The fourth-order valence-corrected chi connectivity index (χ4v) is 1.52. The Morgan fingerprint density at radius 2 is 1.95 bits per heavy atom. The standard InChI is InChI=1S/C13H14Cl3NO2/c14-13(15,16)12(17)19-9-5-1-2-6-10-7-3-4-8-11(10)18/h1,3-5,7-8,17-18H,2,6,9H2/b5-1+,17-12?. The second-order valence-corrected chi connectivity index (χ2v) is 6.06. The number of rotatable bonds is 5. The Morgan fingerprint density at radius 3 is 2.58 bits per heavy atom. The molecule has 104 valence electrons. The van der Waals surface area contributed by atoms with Crippen molar-refractivity contribution in [2.45, 2.75) is 16.6 Å². The summed E-state index contributed by atoms with van der Waals surface area (Å²) in [6, 6.07) is 7.19. The Labute approximate surface area is 127 Å². The first-order valence-electron chi connectivity index (χ1n) is 5.61. The summed E-state index contributed by atoms with van der Waals surface area (Å²) < 4.78 is 3.12. The van der Waals surface area contributed by atoms with E-state index >= 15 is 0 Å². The molecule has 0 radical (unpaired) electrons. The number of allylic oxidation sites excluding steroid dienone is 1. The number of halogens is 3. The van der Waals surface area contributed by atoms with E-state index < -0.39 is 9.69 Å². The molecule has 0 aromatic heterocycles. The van der Waals surface area contributed by atoms with Crippen molar-refractivity contribution in [1.29, 1.82) is 5.41 Å². The summed E-state index contributed by atoms with van der Waals surface area (Å²) in [6.45, 7) is 0.174. The Balaban J connectivity index is 2.25. The lowest BCUT2D eigenvalue weighted by Crippen LogP contribution is -2.21. The topological polar surface area (TPSA) is 53.3 Å². The molecule has 6 heteroatoms. The third-order valence-electron chi connectivity index (χ3n) is 2.32. The maximum absolute atomic E-state index is 9.55. The monoisotopic (exact) mass is 321 g/mol. The quantitative estimate of drug-likeness (QED) is 0.368. The maximum Gasteiger partial charge on any atom is 0.265 e. The molecule has 0 aliphatic rings. The van der Waals surface area contributed by atoms with Crippen LogP contribution in [-0.4, -0.2) is 21.4 Å². The van der Waals surface area contributed by atoms with Crippen molar-refractivity contribution in [2.75, 3.05) is 6.61 Å². The van der Waals surface area contributed by atoms with Crippen LogP contribution in [0.1, 0.15) is 12.0 Å². The number of ether oxygens (including phenoxy) is 1. The van der Waals surface area contributed by atoms with Gasteiger partial charge in [-0.3, -0.25) is 5.41 Å². The van der Waals surface area contributed by atoms with E-state index in [1.54, 1.807) is 18.2 Å². The zero-order chi connectivity index (χ0) is 14.3. The van der Waals surface area contributed by atoms with Gasteiger partial charge in [0.1, 0.15) is 12.4 Å². The molecule has 0 saturated carbocycles. The van der Waals surface area contributed by atoms with Gasteiger partial charge < -0.3 is 9.84 Å². The number of phenolic OH excluding ortho intramolecular Hbond substituents is 1. The number of benzene rings is 1. The van der Waals surface area contributed by atoms with Crippen molar-refractivity contribution in [1.82, 2.24) is 0 Å². The smallest absolute Gasteiger partial charge is 0.265 e. The van der Waals surface area contributed by atoms with Crippen LogP contribution in [0.15, 0.2) is 36.4 Å². The Bertz CT molecular complexity index is 455. The van der Waals surface area contributed by atoms with Crippen LogP contribution in [0.4, 0.5) is 0 Å². The summed E-state index contributed by atoms with van der Waals surface area (Å²) in [7, 11) is 0. The van der Waals surface area contributed by atoms with Gasteiger partial charge >= 0.3 is 0 Å². The second kappa shape index (κ2) is 7.63. The molecule has 1 rings (SSSR count). The molecule has 0 spiro atoms. The minimum Gasteiger partial charge on any atom is -0.508 e. The Kier molecular flexibility index (Phi) is 6.49. The Hall–Kier alpha value is -0.900. The first-order valence-corrected chi connectivity index (χ1v) is 6.75. The molecule has 1 aromatic rings. The van der Waals surface area contributed by atoms with Gasteiger partial charge in [-0.05, 0) is 24.5 Å². The number of nitrogens with one attached hydrogen (secondary N) is 1. The molecule has 0 heterocycles. The normalized spacial score (nSPS) is 11.7. The van der Waals surface area contributed by atoms with Crippen LogP contribution in [0, 0.1) is 5.41 Å². The van der Waals surface area contributed by atoms with Crippen molar-refractivity contribution in [3.05, 3.63) is 42.0 Å². The van der Waals surface area contributed by atoms with Crippen molar-refractivity contribution < 1.29 is 9.84 Å². The largest absolute Gasteiger partial charge is 0.508 e. The highest BCUT2D eigenvalue weighted by atomic mass is 35.6. The van der Waals surface area contributed by atoms with Crippen LogP contribution in [0.3, 0.4) is 0 Å². The van der Waals surface area contributed by atoms with E-state index in [9.17, 15) is 5.11 Å². The van der Waals surface area contributed by atoms with Crippen LogP contribution < -0.4 is 0 Å². The molecule has 19 heavy (non-hydrogen) atoms. The van der Waals surface area contributed by atoms with Crippen molar-refractivity contribution in [3.8, 4) is 5.75 Å². The number of aryl methyl sites for hydroxylation is 1. The summed E-state index contributed by atoms with van der Waals surface area (Å²) in [5, 5.41) is 16.9. The number of para-hydroxylation sites is 1. The SMILES string of the molecule is N=C(OC/C=C/CCc1ccccc1O)C(Cl)(Cl)Cl. The number of phenols is 1. The van der Waals surface area contributed by atoms with Gasteiger partial charge in [-0.1, -0.05) is 65.2 Å². The number of hydrogen-bond donors (Lipinski definition) is 2. The van der Waals surface area contributed by atoms with E-state index in [2.05, 4.69) is 0 Å². The molecule has 0 fully saturated rings. The van der Waals surface area contributed by atoms with E-state index in [0.29, 0.717) is 5.75 Å². The minimum atomic E-state index is -1.82. The summed E-state index contributed by atoms with van der Waals surface area (Å²) in [6.07, 6.45) is 5.11. The minimum absolute atomic E-state index is 0.174. The average Bonchev–Trinajstić information content (AvgIpc) is 2.34. The van der Waals surface area contributed by atoms with Gasteiger partial charge in [0, 0.05) is 0 Å². The zero-order valence-electron chi connectivity index (χ0n) is 10.1.